The largest absolute Gasteiger partial charge is 0.349 e. The maximum Gasteiger partial charge on any atom is 0.261 e. The molecular weight excluding hydrogens is 448 g/mol. The monoisotopic (exact) mass is 468 g/mol. The predicted molar refractivity (Wildman–Crippen MR) is 101 cm³/mol. The first kappa shape index (κ1) is 21.8. The Morgan fingerprint density at radius 1 is 1.07 bits per heavy atom. The molecular formula is C22H20FN2O3Y-. The Balaban J connectivity index is 0.00000240. The first-order valence-electron chi connectivity index (χ1n) is 9.30. The number of carbonyl (C=O) groups is 3. The van der Waals surface area contributed by atoms with Crippen molar-refractivity contribution in [2.24, 2.45) is 0 Å². The Kier molecular flexibility index (Phi) is 6.34. The van der Waals surface area contributed by atoms with Crippen molar-refractivity contribution in [1.29, 1.82) is 0 Å². The standard InChI is InChI=1S/C22H20FN2O3.Y/c1-15-6-8-16(9-7-15)19(26)24-12-10-22(23,11-13-24)14-25-20(27)17-4-2-3-5-18(17)21(25)28;/h2-6,8-9H,10-14H2,1H3;/q-1;. The Morgan fingerprint density at radius 3 is 2.17 bits per heavy atom. The molecule has 4 rings (SSSR count). The van der Waals surface area contributed by atoms with Crippen LogP contribution in [0.1, 0.15) is 49.5 Å². The van der Waals surface area contributed by atoms with Crippen LogP contribution < -0.4 is 0 Å². The molecule has 2 aliphatic heterocycles. The number of likely N-dealkylation sites (tertiary alicyclic amines) is 1. The number of hydrogen-bond acceptors (Lipinski definition) is 3. The second-order valence-electron chi connectivity index (χ2n) is 7.45. The van der Waals surface area contributed by atoms with Crippen LogP contribution >= 0.6 is 0 Å². The first-order valence-corrected chi connectivity index (χ1v) is 9.30. The number of halogens is 1. The molecule has 0 unspecified atom stereocenters. The van der Waals surface area contributed by atoms with E-state index in [1.165, 1.54) is 0 Å². The van der Waals surface area contributed by atoms with Gasteiger partial charge in [0.25, 0.3) is 11.8 Å². The Labute approximate surface area is 194 Å². The predicted octanol–water partition coefficient (Wildman–Crippen LogP) is 3.03. The van der Waals surface area contributed by atoms with Crippen molar-refractivity contribution >= 4 is 17.7 Å². The fourth-order valence-corrected chi connectivity index (χ4v) is 3.75. The third kappa shape index (κ3) is 4.19. The van der Waals surface area contributed by atoms with Gasteiger partial charge in [-0.1, -0.05) is 24.6 Å². The van der Waals surface area contributed by atoms with Gasteiger partial charge in [-0.25, -0.2) is 4.39 Å². The van der Waals surface area contributed by atoms with E-state index in [9.17, 15) is 14.4 Å². The number of amides is 3. The summed E-state index contributed by atoms with van der Waals surface area (Å²) in [7, 11) is 0. The zero-order chi connectivity index (χ0) is 19.9. The van der Waals surface area contributed by atoms with Gasteiger partial charge in [-0.15, -0.1) is 0 Å². The maximum absolute atomic E-state index is 15.4. The molecule has 0 aliphatic carbocycles. The Morgan fingerprint density at radius 2 is 1.66 bits per heavy atom. The van der Waals surface area contributed by atoms with Gasteiger partial charge in [0.05, 0.1) is 17.7 Å². The zero-order valence-electron chi connectivity index (χ0n) is 16.2. The summed E-state index contributed by atoms with van der Waals surface area (Å²) < 4.78 is 15.4. The number of alkyl halides is 1. The second-order valence-corrected chi connectivity index (χ2v) is 7.45. The summed E-state index contributed by atoms with van der Waals surface area (Å²) in [5, 5.41) is 0. The topological polar surface area (TPSA) is 57.7 Å². The van der Waals surface area contributed by atoms with Crippen molar-refractivity contribution in [3.63, 3.8) is 0 Å². The molecule has 2 heterocycles. The maximum atomic E-state index is 15.4. The van der Waals surface area contributed by atoms with Crippen LogP contribution in [0.4, 0.5) is 4.39 Å². The van der Waals surface area contributed by atoms with E-state index in [-0.39, 0.29) is 71.1 Å². The smallest absolute Gasteiger partial charge is 0.261 e. The van der Waals surface area contributed by atoms with Crippen LogP contribution in [0.15, 0.2) is 42.5 Å². The van der Waals surface area contributed by atoms with Gasteiger partial charge in [0.1, 0.15) is 5.67 Å². The molecule has 1 radical (unpaired) electrons. The van der Waals surface area contributed by atoms with E-state index in [4.69, 9.17) is 0 Å². The van der Waals surface area contributed by atoms with Gasteiger partial charge in [-0.05, 0) is 12.1 Å². The van der Waals surface area contributed by atoms with Crippen LogP contribution in [0.2, 0.25) is 0 Å². The van der Waals surface area contributed by atoms with Crippen molar-refractivity contribution < 1.29 is 51.5 Å². The van der Waals surface area contributed by atoms with Gasteiger partial charge in [0.2, 0.25) is 0 Å². The quantitative estimate of drug-likeness (QED) is 0.514. The summed E-state index contributed by atoms with van der Waals surface area (Å²) in [5.41, 5.74) is 0.415. The SMILES string of the molecule is Cc1[c-]cc(C(=O)N2CCC(F)(CN3C(=O)c4ccccc4C3=O)CC2)cc1.[Y]. The van der Waals surface area contributed by atoms with Gasteiger partial charge < -0.3 is 4.90 Å². The molecule has 0 spiro atoms. The van der Waals surface area contributed by atoms with Crippen molar-refractivity contribution in [1.82, 2.24) is 9.80 Å². The van der Waals surface area contributed by atoms with E-state index in [0.29, 0.717) is 16.7 Å². The number of hydrogen-bond donors (Lipinski definition) is 0. The number of aryl methyl sites for hydroxylation is 1. The summed E-state index contributed by atoms with van der Waals surface area (Å²) in [5.74, 6) is -1.06. The summed E-state index contributed by atoms with van der Waals surface area (Å²) in [6, 6.07) is 14.7. The molecule has 7 heteroatoms. The van der Waals surface area contributed by atoms with Crippen LogP contribution in [0.25, 0.3) is 0 Å². The first-order chi connectivity index (χ1) is 13.4. The molecule has 5 nitrogen and oxygen atoms in total. The second kappa shape index (κ2) is 8.45. The minimum Gasteiger partial charge on any atom is -0.349 e. The van der Waals surface area contributed by atoms with E-state index in [1.807, 2.05) is 13.0 Å². The summed E-state index contributed by atoms with van der Waals surface area (Å²) in [6.07, 6.45) is 0.170. The molecule has 0 bridgehead atoms. The number of piperidine rings is 1. The molecule has 1 saturated heterocycles. The van der Waals surface area contributed by atoms with Gasteiger partial charge in [0.15, 0.2) is 5.91 Å². The minimum atomic E-state index is -1.69. The van der Waals surface area contributed by atoms with Crippen molar-refractivity contribution in [3.8, 4) is 0 Å². The molecule has 2 aromatic carbocycles. The minimum absolute atomic E-state index is 0. The number of nitrogens with zero attached hydrogens (tertiary/aromatic N) is 2. The molecule has 0 atom stereocenters. The Bertz CT molecular complexity index is 918. The third-order valence-corrected chi connectivity index (χ3v) is 5.48. The summed E-state index contributed by atoms with van der Waals surface area (Å²) in [4.78, 5) is 40.1. The Hall–Kier alpha value is -1.92. The van der Waals surface area contributed by atoms with E-state index < -0.39 is 17.5 Å². The molecule has 147 valence electrons. The average molecular weight is 468 g/mol. The molecule has 29 heavy (non-hydrogen) atoms. The van der Waals surface area contributed by atoms with E-state index in [1.54, 1.807) is 41.3 Å². The summed E-state index contributed by atoms with van der Waals surface area (Å²) in [6.45, 7) is 2.10. The van der Waals surface area contributed by atoms with Crippen LogP contribution in [0, 0.1) is 13.0 Å². The van der Waals surface area contributed by atoms with Crippen molar-refractivity contribution in [3.05, 3.63) is 70.8 Å². The molecule has 2 aromatic rings. The van der Waals surface area contributed by atoms with Crippen LogP contribution in [-0.4, -0.2) is 52.8 Å². The van der Waals surface area contributed by atoms with Gasteiger partial charge in [-0.3, -0.25) is 19.3 Å². The van der Waals surface area contributed by atoms with Crippen molar-refractivity contribution in [2.45, 2.75) is 25.4 Å². The number of imide groups is 1. The third-order valence-electron chi connectivity index (χ3n) is 5.48. The van der Waals surface area contributed by atoms with Crippen LogP contribution in [0.5, 0.6) is 0 Å². The average Bonchev–Trinajstić information content (AvgIpc) is 2.94. The zero-order valence-corrected chi connectivity index (χ0v) is 19.0. The number of rotatable bonds is 3. The number of carbonyl (C=O) groups excluding carboxylic acids is 3. The van der Waals surface area contributed by atoms with Gasteiger partial charge >= 0.3 is 0 Å². The molecule has 2 aliphatic rings. The number of fused-ring (bicyclic) bond motifs is 1. The molecule has 3 amide bonds. The van der Waals surface area contributed by atoms with Gasteiger partial charge in [-0.2, -0.15) is 29.8 Å². The summed E-state index contributed by atoms with van der Waals surface area (Å²) >= 11 is 0. The van der Waals surface area contributed by atoms with Crippen molar-refractivity contribution in [2.75, 3.05) is 19.6 Å². The molecule has 1 fully saturated rings. The van der Waals surface area contributed by atoms with Crippen LogP contribution in [0.3, 0.4) is 0 Å². The number of benzene rings is 2. The van der Waals surface area contributed by atoms with Crippen LogP contribution in [-0.2, 0) is 32.7 Å². The fourth-order valence-electron chi connectivity index (χ4n) is 3.75. The van der Waals surface area contributed by atoms with E-state index in [0.717, 1.165) is 10.5 Å². The molecule has 0 saturated carbocycles. The van der Waals surface area contributed by atoms with E-state index in [2.05, 4.69) is 6.07 Å². The van der Waals surface area contributed by atoms with E-state index >= 15 is 4.39 Å². The fraction of sp³-hybridized carbons (Fsp3) is 0.318. The molecule has 0 aromatic heterocycles. The molecule has 0 N–H and O–H groups in total. The van der Waals surface area contributed by atoms with Gasteiger partial charge in [0, 0.05) is 58.6 Å². The normalized spacial score (nSPS) is 17.7.